The molecule has 17 heavy (non-hydrogen) atoms. The lowest BCUT2D eigenvalue weighted by Gasteiger charge is -2.06. The molecule has 6 nitrogen and oxygen atoms in total. The molecule has 0 amide bonds. The summed E-state index contributed by atoms with van der Waals surface area (Å²) in [7, 11) is 3.44. The van der Waals surface area contributed by atoms with Crippen LogP contribution in [0.2, 0.25) is 0 Å². The van der Waals surface area contributed by atoms with Gasteiger partial charge in [-0.2, -0.15) is 5.10 Å². The zero-order valence-electron chi connectivity index (χ0n) is 9.51. The summed E-state index contributed by atoms with van der Waals surface area (Å²) in [5, 5.41) is 4.23. The minimum atomic E-state index is 0.368. The van der Waals surface area contributed by atoms with E-state index in [1.54, 1.807) is 11.8 Å². The van der Waals surface area contributed by atoms with Crippen LogP contribution in [0.1, 0.15) is 5.69 Å². The zero-order chi connectivity index (χ0) is 12.4. The molecule has 0 aliphatic heterocycles. The van der Waals surface area contributed by atoms with Gasteiger partial charge in [-0.25, -0.2) is 9.97 Å². The van der Waals surface area contributed by atoms with Crippen LogP contribution in [0.5, 0.6) is 0 Å². The molecule has 7 heteroatoms. The highest BCUT2D eigenvalue weighted by Gasteiger charge is 2.12. The Hall–Kier alpha value is -1.47. The van der Waals surface area contributed by atoms with Crippen molar-refractivity contribution >= 4 is 21.7 Å². The largest absolute Gasteiger partial charge is 0.383 e. The van der Waals surface area contributed by atoms with E-state index in [1.165, 1.54) is 0 Å². The Balaban J connectivity index is 2.48. The summed E-state index contributed by atoms with van der Waals surface area (Å²) in [6.07, 6.45) is 1.83. The van der Waals surface area contributed by atoms with Gasteiger partial charge in [-0.1, -0.05) is 0 Å². The number of methoxy groups -OCH3 is 1. The second-order valence-electron chi connectivity index (χ2n) is 3.50. The second-order valence-corrected chi connectivity index (χ2v) is 4.29. The molecule has 2 heterocycles. The number of aryl methyl sites for hydroxylation is 1. The SMILES string of the molecule is COCc1nc(-c2ccn(C)n2)nc(N)c1Br. The number of ether oxygens (including phenoxy) is 1. The van der Waals surface area contributed by atoms with Crippen LogP contribution < -0.4 is 5.73 Å². The molecule has 0 aliphatic carbocycles. The maximum atomic E-state index is 5.81. The van der Waals surface area contributed by atoms with E-state index in [1.807, 2.05) is 19.3 Å². The van der Waals surface area contributed by atoms with E-state index in [0.29, 0.717) is 34.1 Å². The van der Waals surface area contributed by atoms with Gasteiger partial charge < -0.3 is 10.5 Å². The maximum absolute atomic E-state index is 5.81. The first-order valence-corrected chi connectivity index (χ1v) is 5.72. The van der Waals surface area contributed by atoms with Crippen LogP contribution in [0.15, 0.2) is 16.7 Å². The summed E-state index contributed by atoms with van der Waals surface area (Å²) in [5.74, 6) is 0.881. The van der Waals surface area contributed by atoms with Crippen LogP contribution in [0.25, 0.3) is 11.5 Å². The predicted octanol–water partition coefficient (Wildman–Crippen LogP) is 1.37. The lowest BCUT2D eigenvalue weighted by atomic mass is 10.3. The summed E-state index contributed by atoms with van der Waals surface area (Å²) < 4.78 is 7.41. The van der Waals surface area contributed by atoms with Crippen LogP contribution in [0, 0.1) is 0 Å². The number of nitrogens with zero attached hydrogens (tertiary/aromatic N) is 4. The molecular formula is C10H12BrN5O. The highest BCUT2D eigenvalue weighted by Crippen LogP contribution is 2.24. The molecule has 90 valence electrons. The van der Waals surface area contributed by atoms with E-state index in [0.717, 1.165) is 0 Å². The molecule has 2 N–H and O–H groups in total. The molecule has 0 bridgehead atoms. The third-order valence-corrected chi connectivity index (χ3v) is 3.03. The van der Waals surface area contributed by atoms with Crippen molar-refractivity contribution in [1.29, 1.82) is 0 Å². The van der Waals surface area contributed by atoms with Gasteiger partial charge in [-0.3, -0.25) is 4.68 Å². The smallest absolute Gasteiger partial charge is 0.182 e. The molecule has 2 rings (SSSR count). The molecule has 0 atom stereocenters. The van der Waals surface area contributed by atoms with Crippen molar-refractivity contribution in [3.8, 4) is 11.5 Å². The predicted molar refractivity (Wildman–Crippen MR) is 67.1 cm³/mol. The van der Waals surface area contributed by atoms with Crippen LogP contribution >= 0.6 is 15.9 Å². The molecule has 0 aromatic carbocycles. The zero-order valence-corrected chi connectivity index (χ0v) is 11.1. The number of anilines is 1. The van der Waals surface area contributed by atoms with E-state index in [-0.39, 0.29) is 0 Å². The molecule has 0 saturated heterocycles. The molecule has 0 unspecified atom stereocenters. The average Bonchev–Trinajstić information content (AvgIpc) is 2.71. The Kier molecular flexibility index (Phi) is 3.39. The van der Waals surface area contributed by atoms with Crippen LogP contribution in [-0.2, 0) is 18.4 Å². The highest BCUT2D eigenvalue weighted by atomic mass is 79.9. The Labute approximate surface area is 107 Å². The summed E-state index contributed by atoms with van der Waals surface area (Å²) in [6.45, 7) is 0.368. The van der Waals surface area contributed by atoms with Crippen molar-refractivity contribution in [3.63, 3.8) is 0 Å². The van der Waals surface area contributed by atoms with Crippen molar-refractivity contribution in [3.05, 3.63) is 22.4 Å². The Morgan fingerprint density at radius 2 is 2.24 bits per heavy atom. The molecule has 0 radical (unpaired) electrons. The van der Waals surface area contributed by atoms with Gasteiger partial charge in [0.05, 0.1) is 16.8 Å². The highest BCUT2D eigenvalue weighted by molar-refractivity contribution is 9.10. The molecule has 0 fully saturated rings. The number of hydrogen-bond donors (Lipinski definition) is 1. The van der Waals surface area contributed by atoms with Gasteiger partial charge in [-0.15, -0.1) is 0 Å². The lowest BCUT2D eigenvalue weighted by Crippen LogP contribution is -2.04. The van der Waals surface area contributed by atoms with E-state index < -0.39 is 0 Å². The van der Waals surface area contributed by atoms with Crippen LogP contribution in [0.4, 0.5) is 5.82 Å². The summed E-state index contributed by atoms with van der Waals surface area (Å²) in [6, 6.07) is 1.83. The standard InChI is InChI=1S/C10H12BrN5O/c1-16-4-3-6(15-16)10-13-7(5-17-2)8(11)9(12)14-10/h3-4H,5H2,1-2H3,(H2,12,13,14). The van der Waals surface area contributed by atoms with E-state index >= 15 is 0 Å². The Morgan fingerprint density at radius 1 is 1.47 bits per heavy atom. The molecule has 2 aromatic heterocycles. The monoisotopic (exact) mass is 297 g/mol. The van der Waals surface area contributed by atoms with Gasteiger partial charge in [0.2, 0.25) is 0 Å². The van der Waals surface area contributed by atoms with Gasteiger partial charge in [0.15, 0.2) is 5.82 Å². The van der Waals surface area contributed by atoms with Crippen molar-refractivity contribution in [2.24, 2.45) is 7.05 Å². The summed E-state index contributed by atoms with van der Waals surface area (Å²) in [5.41, 5.74) is 7.20. The van der Waals surface area contributed by atoms with Gasteiger partial charge in [0.1, 0.15) is 11.5 Å². The number of nitrogen functional groups attached to an aromatic ring is 1. The minimum Gasteiger partial charge on any atom is -0.383 e. The van der Waals surface area contributed by atoms with Gasteiger partial charge >= 0.3 is 0 Å². The fourth-order valence-corrected chi connectivity index (χ4v) is 1.69. The van der Waals surface area contributed by atoms with Crippen molar-refractivity contribution in [2.45, 2.75) is 6.61 Å². The van der Waals surface area contributed by atoms with Crippen LogP contribution in [-0.4, -0.2) is 26.9 Å². The van der Waals surface area contributed by atoms with Crippen LogP contribution in [0.3, 0.4) is 0 Å². The first-order valence-electron chi connectivity index (χ1n) is 4.92. The number of aromatic nitrogens is 4. The van der Waals surface area contributed by atoms with Crippen molar-refractivity contribution < 1.29 is 4.74 Å². The number of nitrogens with two attached hydrogens (primary N) is 1. The molecule has 0 saturated carbocycles. The van der Waals surface area contributed by atoms with Crippen molar-refractivity contribution in [1.82, 2.24) is 19.7 Å². The molecular weight excluding hydrogens is 286 g/mol. The van der Waals surface area contributed by atoms with E-state index in [2.05, 4.69) is 31.0 Å². The normalized spacial score (nSPS) is 10.8. The second kappa shape index (κ2) is 4.80. The molecule has 0 aliphatic rings. The number of hydrogen-bond acceptors (Lipinski definition) is 5. The Morgan fingerprint density at radius 3 is 2.82 bits per heavy atom. The lowest BCUT2D eigenvalue weighted by molar-refractivity contribution is 0.181. The third-order valence-electron chi connectivity index (χ3n) is 2.17. The molecule has 0 spiro atoms. The van der Waals surface area contributed by atoms with E-state index in [9.17, 15) is 0 Å². The minimum absolute atomic E-state index is 0.368. The van der Waals surface area contributed by atoms with Gasteiger partial charge in [-0.05, 0) is 22.0 Å². The summed E-state index contributed by atoms with van der Waals surface area (Å²) >= 11 is 3.34. The van der Waals surface area contributed by atoms with Gasteiger partial charge in [0.25, 0.3) is 0 Å². The Bertz CT molecular complexity index is 539. The number of halogens is 1. The first-order chi connectivity index (χ1) is 8.11. The average molecular weight is 298 g/mol. The first kappa shape index (κ1) is 12.0. The quantitative estimate of drug-likeness (QED) is 0.925. The molecule has 2 aromatic rings. The third kappa shape index (κ3) is 2.45. The topological polar surface area (TPSA) is 78.8 Å². The van der Waals surface area contributed by atoms with E-state index in [4.69, 9.17) is 10.5 Å². The maximum Gasteiger partial charge on any atom is 0.182 e. The number of rotatable bonds is 3. The fraction of sp³-hybridized carbons (Fsp3) is 0.300. The van der Waals surface area contributed by atoms with Crippen molar-refractivity contribution in [2.75, 3.05) is 12.8 Å². The van der Waals surface area contributed by atoms with Gasteiger partial charge in [0, 0.05) is 20.4 Å². The summed E-state index contributed by atoms with van der Waals surface area (Å²) in [4.78, 5) is 8.56. The fourth-order valence-electron chi connectivity index (χ4n) is 1.39.